The van der Waals surface area contributed by atoms with Gasteiger partial charge in [0.1, 0.15) is 0 Å². The number of allylic oxidation sites excluding steroid dienone is 4. The van der Waals surface area contributed by atoms with E-state index in [9.17, 15) is 11.1 Å². The van der Waals surface area contributed by atoms with Crippen molar-refractivity contribution in [1.82, 2.24) is 0 Å². The quantitative estimate of drug-likeness (QED) is 0.0217. The average molecular weight is 2050 g/mol. The van der Waals surface area contributed by atoms with Crippen LogP contribution in [0.1, 0.15) is 590 Å². The van der Waals surface area contributed by atoms with Gasteiger partial charge in [0.05, 0.1) is 0 Å². The number of aryl methyl sites for hydroxylation is 8. The standard InChI is InChI=1S/C57H94N2.C52H84N2.2C7H7O.2C6H13.2Ni/c1-9-17-25-30-34-46-42-50(43-47(35-31-26-18-10-2)52(46)38-22-14-6)56-54(40-24-16-8)55(41-29-21-13-5)57(59(56)58)51-44-48(36-32-27-19-11-3)53(39-23-15-7)49(45-51)37-33-28-20-12-4;1-8-15-22-24-26-28-35-49-42(30-17-10-3)37-47(38-43(49)31-18-11-4)51-41-46(34-21-14-7)52(54(51)53)48-39-44(32-19-12-5)50(45(40-48)33-20-13-6)36-29-27-25-23-16-9-2;2*8-6-7-4-2-1-3-5-7;2*1-3-5-6-4-2;;/h42-45H,9-41H2,1-8H3;37-41H,8-36H2,1-7H3;2*1-5H,6H2;2*1,3-6H2,2H3;;/q;;2*-1;;;;+2. The Morgan fingerprint density at radius 1 is 0.217 bits per heavy atom. The third-order valence-corrected chi connectivity index (χ3v) is 31.7. The molecule has 6 aromatic carbocycles. The van der Waals surface area contributed by atoms with Crippen LogP contribution in [0, 0.1) is 0 Å². The topological polar surface area (TPSA) is 69.1 Å². The van der Waals surface area contributed by atoms with Gasteiger partial charge in [0, 0.05) is 45.0 Å². The normalized spacial score (nSPS) is 12.6. The van der Waals surface area contributed by atoms with Gasteiger partial charge in [-0.1, -0.05) is 309 Å². The van der Waals surface area contributed by atoms with E-state index in [0.717, 1.165) is 145 Å². The SMILES string of the molecule is CCCCCCCCc1c(CCCC)cc(C2=CC(CCCC)=C(c3cc(CCCC)c(CCCCCCCC)c(CCCC)c3)[N+]2=[N-])cc1CCCC.CCCCCCc1cc(C2=C(CCCC)C(CCCCC)=C(c3cc(CCCCCC)c(CCCC)c(CCCCCC)c3)[N+]2=[N-])cc(CCCCCC)c1CCCC.CCCCC[CH2][Ni][CH2]CCCCC.c1ccc(C[O][Ni][O]Cc2ccccc2)cc1. The fraction of sp³-hybridized carbons (Fsp3) is 0.674. The Bertz CT molecular complexity index is 4250. The first-order valence-corrected chi connectivity index (χ1v) is 63.3. The van der Waals surface area contributed by atoms with Crippen molar-refractivity contribution in [2.24, 2.45) is 0 Å². The van der Waals surface area contributed by atoms with Crippen LogP contribution >= 0.6 is 0 Å². The second-order valence-electron chi connectivity index (χ2n) is 42.4. The average Bonchev–Trinajstić information content (AvgIpc) is 1.60. The zero-order valence-electron chi connectivity index (χ0n) is 96.0. The molecule has 0 saturated carbocycles. The molecular weight excluding hydrogens is 1830 g/mol. The molecule has 8 heteroatoms. The van der Waals surface area contributed by atoms with Crippen molar-refractivity contribution in [1.29, 1.82) is 0 Å². The number of benzene rings is 6. The second-order valence-corrected chi connectivity index (χ2v) is 44.6. The first-order valence-electron chi connectivity index (χ1n) is 61.1. The molecule has 0 aromatic heterocycles. The molecule has 0 fully saturated rings. The van der Waals surface area contributed by atoms with Gasteiger partial charge in [0.15, 0.2) is 0 Å². The summed E-state index contributed by atoms with van der Waals surface area (Å²) in [4.78, 5) is 0. The molecule has 0 atom stereocenters. The minimum atomic E-state index is 0.565. The van der Waals surface area contributed by atoms with Gasteiger partial charge in [-0.3, -0.25) is 0 Å². The fourth-order valence-corrected chi connectivity index (χ4v) is 22.8. The maximum atomic E-state index is 13.0. The van der Waals surface area contributed by atoms with Gasteiger partial charge < -0.3 is 11.1 Å². The van der Waals surface area contributed by atoms with Crippen molar-refractivity contribution in [2.75, 3.05) is 0 Å². The van der Waals surface area contributed by atoms with Crippen LogP contribution in [0.15, 0.2) is 132 Å². The zero-order valence-corrected chi connectivity index (χ0v) is 98.0. The summed E-state index contributed by atoms with van der Waals surface area (Å²) in [5.74, 6) is 0. The Hall–Kier alpha value is -5.61. The molecule has 0 bridgehead atoms. The number of unbranched alkanes of at least 4 members (excludes halogenated alkanes) is 38. The summed E-state index contributed by atoms with van der Waals surface area (Å²) in [6, 6.07) is 40.3. The van der Waals surface area contributed by atoms with E-state index in [-0.39, 0.29) is 0 Å². The molecule has 0 N–H and O–H groups in total. The summed E-state index contributed by atoms with van der Waals surface area (Å²) in [5.41, 5.74) is 60.1. The van der Waals surface area contributed by atoms with Crippen LogP contribution in [0.4, 0.5) is 0 Å². The van der Waals surface area contributed by atoms with Crippen LogP contribution < -0.4 is 0 Å². The van der Waals surface area contributed by atoms with Crippen LogP contribution in [0.3, 0.4) is 0 Å². The molecule has 0 radical (unpaired) electrons. The van der Waals surface area contributed by atoms with Gasteiger partial charge in [-0.05, 0) is 308 Å². The van der Waals surface area contributed by atoms with Crippen molar-refractivity contribution in [3.63, 3.8) is 0 Å². The molecule has 0 amide bonds. The van der Waals surface area contributed by atoms with Crippen LogP contribution in [-0.2, 0) is 128 Å². The van der Waals surface area contributed by atoms with Crippen molar-refractivity contribution in [2.45, 2.75) is 591 Å². The van der Waals surface area contributed by atoms with Crippen LogP contribution in [0.2, 0.25) is 10.8 Å². The molecule has 143 heavy (non-hydrogen) atoms. The number of hydrogen-bond donors (Lipinski definition) is 0. The number of rotatable bonds is 82. The first-order chi connectivity index (χ1) is 70.3. The molecule has 0 unspecified atom stereocenters. The molecule has 2 aliphatic rings. The predicted molar refractivity (Wildman–Crippen MR) is 623 cm³/mol. The summed E-state index contributed by atoms with van der Waals surface area (Å²) in [7, 11) is 0. The Morgan fingerprint density at radius 3 is 0.762 bits per heavy atom. The molecule has 810 valence electrons. The molecule has 0 saturated heterocycles. The van der Waals surface area contributed by atoms with Crippen LogP contribution in [0.25, 0.3) is 33.9 Å². The molecule has 8 rings (SSSR count). The van der Waals surface area contributed by atoms with Crippen molar-refractivity contribution >= 4 is 22.8 Å². The molecule has 0 aliphatic carbocycles. The third kappa shape index (κ3) is 50.3. The van der Waals surface area contributed by atoms with Gasteiger partial charge >= 0.3 is 198 Å². The maximum absolute atomic E-state index is 13.0. The molecule has 2 aliphatic heterocycles. The van der Waals surface area contributed by atoms with Crippen LogP contribution in [-0.4, -0.2) is 9.39 Å². The Labute approximate surface area is 897 Å². The van der Waals surface area contributed by atoms with E-state index in [0.29, 0.717) is 13.2 Å². The summed E-state index contributed by atoms with van der Waals surface area (Å²) >= 11 is 2.85. The Kier molecular flexibility index (Phi) is 75.2. The van der Waals surface area contributed by atoms with Crippen molar-refractivity contribution in [3.8, 4) is 0 Å². The van der Waals surface area contributed by atoms with E-state index >= 15 is 0 Å². The zero-order chi connectivity index (χ0) is 103. The number of hydrogen-bond acceptors (Lipinski definition) is 2. The molecule has 6 aromatic rings. The third-order valence-electron chi connectivity index (χ3n) is 29.7. The van der Waals surface area contributed by atoms with Crippen molar-refractivity contribution in [3.05, 3.63) is 243 Å². The monoisotopic (exact) mass is 2040 g/mol. The summed E-state index contributed by atoms with van der Waals surface area (Å²) < 4.78 is 14.1. The van der Waals surface area contributed by atoms with Gasteiger partial charge in [-0.15, -0.1) is 0 Å². The summed E-state index contributed by atoms with van der Waals surface area (Å²) in [6.07, 6.45) is 90.4. The van der Waals surface area contributed by atoms with Crippen LogP contribution in [0.5, 0.6) is 0 Å². The summed E-state index contributed by atoms with van der Waals surface area (Å²) in [5, 5.41) is 2.83. The van der Waals surface area contributed by atoms with E-state index in [4.69, 9.17) is 7.76 Å². The van der Waals surface area contributed by atoms with E-state index in [1.165, 1.54) is 414 Å². The van der Waals surface area contributed by atoms with Gasteiger partial charge in [-0.25, -0.2) is 9.39 Å². The molecule has 0 spiro atoms. The van der Waals surface area contributed by atoms with Gasteiger partial charge in [-0.2, -0.15) is 0 Å². The Morgan fingerprint density at radius 2 is 0.441 bits per heavy atom. The number of nitrogens with zero attached hydrogens (tertiary/aromatic N) is 4. The minimum absolute atomic E-state index is 0.565. The molecule has 6 nitrogen and oxygen atoms in total. The van der Waals surface area contributed by atoms with E-state index in [2.05, 4.69) is 172 Å². The van der Waals surface area contributed by atoms with Gasteiger partial charge in [0.2, 0.25) is 22.8 Å². The van der Waals surface area contributed by atoms with E-state index < -0.39 is 0 Å². The van der Waals surface area contributed by atoms with Gasteiger partial charge in [0.25, 0.3) is 0 Å². The Balaban J connectivity index is 0.000000390. The molecule has 2 heterocycles. The van der Waals surface area contributed by atoms with E-state index in [1.807, 2.05) is 75.1 Å². The van der Waals surface area contributed by atoms with Crippen molar-refractivity contribution < 1.29 is 46.7 Å². The first kappa shape index (κ1) is 128. The summed E-state index contributed by atoms with van der Waals surface area (Å²) in [6.45, 7) is 40.6. The van der Waals surface area contributed by atoms with E-state index in [1.54, 1.807) is 65.0 Å². The fourth-order valence-electron chi connectivity index (χ4n) is 21.0. The molecular formula is C135H218N4Ni2O2. The predicted octanol–water partition coefficient (Wildman–Crippen LogP) is 44.1. The second kappa shape index (κ2) is 84.1.